The van der Waals surface area contributed by atoms with Crippen molar-refractivity contribution in [3.63, 3.8) is 0 Å². The van der Waals surface area contributed by atoms with E-state index in [0.29, 0.717) is 21.6 Å². The van der Waals surface area contributed by atoms with Gasteiger partial charge in [0.15, 0.2) is 4.83 Å². The summed E-state index contributed by atoms with van der Waals surface area (Å²) in [5.74, 6) is -0.463. The Labute approximate surface area is 189 Å². The van der Waals surface area contributed by atoms with Gasteiger partial charge in [-0.05, 0) is 24.6 Å². The number of nitrogens with one attached hydrogen (secondary N) is 1. The molecule has 0 saturated heterocycles. The molecule has 0 atom stereocenters. The topological polar surface area (TPSA) is 75.1 Å². The summed E-state index contributed by atoms with van der Waals surface area (Å²) in [7, 11) is 0. The Balaban J connectivity index is 1.68. The fourth-order valence-electron chi connectivity index (χ4n) is 3.63. The first-order valence-corrected chi connectivity index (χ1v) is 10.9. The van der Waals surface area contributed by atoms with E-state index in [4.69, 9.17) is 0 Å². The van der Waals surface area contributed by atoms with Gasteiger partial charge < -0.3 is 10.4 Å². The lowest BCUT2D eigenvalue weighted by atomic mass is 9.97. The lowest BCUT2D eigenvalue weighted by molar-refractivity contribution is 0.102. The Bertz CT molecular complexity index is 1410. The number of fused-ring (bicyclic) bond motifs is 1. The van der Waals surface area contributed by atoms with Crippen molar-refractivity contribution in [1.29, 1.82) is 0 Å². The second kappa shape index (κ2) is 8.24. The van der Waals surface area contributed by atoms with E-state index in [2.05, 4.69) is 15.5 Å². The molecule has 0 fully saturated rings. The van der Waals surface area contributed by atoms with Gasteiger partial charge in [-0.3, -0.25) is 4.79 Å². The zero-order chi connectivity index (χ0) is 22.1. The standard InChI is InChI=1S/C26H19N3O2S/c1-16-12-14-19(15-13-16)27-25(31)24-23(30)21-20(17-8-4-2-5-9-17)22(28-29-26(21)32-24)18-10-6-3-7-11-18/h2-15,30H,1H3,(H,27,31). The van der Waals surface area contributed by atoms with E-state index in [-0.39, 0.29) is 16.5 Å². The number of amides is 1. The summed E-state index contributed by atoms with van der Waals surface area (Å²) in [5, 5.41) is 23.4. The molecule has 3 aromatic carbocycles. The van der Waals surface area contributed by atoms with Crippen LogP contribution in [0.3, 0.4) is 0 Å². The second-order valence-corrected chi connectivity index (χ2v) is 8.43. The van der Waals surface area contributed by atoms with Crippen LogP contribution in [0.15, 0.2) is 84.9 Å². The van der Waals surface area contributed by atoms with Crippen LogP contribution < -0.4 is 5.32 Å². The van der Waals surface area contributed by atoms with Crippen molar-refractivity contribution in [2.75, 3.05) is 5.32 Å². The molecule has 5 aromatic rings. The quantitative estimate of drug-likeness (QED) is 0.346. The van der Waals surface area contributed by atoms with Gasteiger partial charge in [0.1, 0.15) is 16.3 Å². The maximum absolute atomic E-state index is 13.0. The van der Waals surface area contributed by atoms with E-state index in [1.807, 2.05) is 91.9 Å². The van der Waals surface area contributed by atoms with E-state index in [9.17, 15) is 9.90 Å². The number of carbonyl (C=O) groups excluding carboxylic acids is 1. The van der Waals surface area contributed by atoms with Crippen LogP contribution in [-0.4, -0.2) is 21.2 Å². The molecule has 0 spiro atoms. The van der Waals surface area contributed by atoms with Gasteiger partial charge in [0.2, 0.25) is 0 Å². The van der Waals surface area contributed by atoms with Gasteiger partial charge in [-0.25, -0.2) is 0 Å². The van der Waals surface area contributed by atoms with Crippen LogP contribution in [-0.2, 0) is 0 Å². The summed E-state index contributed by atoms with van der Waals surface area (Å²) in [6.45, 7) is 1.98. The minimum Gasteiger partial charge on any atom is -0.505 e. The normalized spacial score (nSPS) is 10.9. The molecule has 0 aliphatic rings. The first-order chi connectivity index (χ1) is 15.6. The monoisotopic (exact) mass is 437 g/mol. The number of benzene rings is 3. The van der Waals surface area contributed by atoms with Crippen LogP contribution >= 0.6 is 11.3 Å². The van der Waals surface area contributed by atoms with Crippen molar-refractivity contribution < 1.29 is 9.90 Å². The van der Waals surface area contributed by atoms with Gasteiger partial charge in [-0.15, -0.1) is 21.5 Å². The lowest BCUT2D eigenvalue weighted by Gasteiger charge is -2.10. The molecule has 5 rings (SSSR count). The summed E-state index contributed by atoms with van der Waals surface area (Å²) in [4.78, 5) is 13.7. The van der Waals surface area contributed by atoms with Crippen molar-refractivity contribution in [2.45, 2.75) is 6.92 Å². The zero-order valence-electron chi connectivity index (χ0n) is 17.2. The number of nitrogens with zero attached hydrogens (tertiary/aromatic N) is 2. The smallest absolute Gasteiger partial charge is 0.269 e. The van der Waals surface area contributed by atoms with Crippen molar-refractivity contribution in [1.82, 2.24) is 10.2 Å². The highest BCUT2D eigenvalue weighted by Gasteiger charge is 2.25. The predicted molar refractivity (Wildman–Crippen MR) is 129 cm³/mol. The van der Waals surface area contributed by atoms with Gasteiger partial charge >= 0.3 is 0 Å². The molecule has 32 heavy (non-hydrogen) atoms. The Morgan fingerprint density at radius 1 is 0.844 bits per heavy atom. The van der Waals surface area contributed by atoms with Crippen LogP contribution in [0.5, 0.6) is 5.75 Å². The maximum Gasteiger partial charge on any atom is 0.269 e. The number of rotatable bonds is 4. The number of hydrogen-bond donors (Lipinski definition) is 2. The molecular formula is C26H19N3O2S. The average molecular weight is 438 g/mol. The minimum absolute atomic E-state index is 0.0828. The maximum atomic E-state index is 13.0. The van der Waals surface area contributed by atoms with Gasteiger partial charge in [0.25, 0.3) is 5.91 Å². The van der Waals surface area contributed by atoms with Crippen molar-refractivity contribution >= 4 is 33.1 Å². The predicted octanol–water partition coefficient (Wildman–Crippen LogP) is 6.29. The molecule has 156 valence electrons. The first-order valence-electron chi connectivity index (χ1n) is 10.1. The molecule has 0 radical (unpaired) electrons. The lowest BCUT2D eigenvalue weighted by Crippen LogP contribution is -2.10. The fourth-order valence-corrected chi connectivity index (χ4v) is 4.55. The summed E-state index contributed by atoms with van der Waals surface area (Å²) in [6, 6.07) is 27.0. The van der Waals surface area contributed by atoms with Gasteiger partial charge in [0.05, 0.1) is 5.39 Å². The summed E-state index contributed by atoms with van der Waals surface area (Å²) in [6.07, 6.45) is 0. The number of thiophene rings is 1. The highest BCUT2D eigenvalue weighted by molar-refractivity contribution is 7.21. The van der Waals surface area contributed by atoms with E-state index in [1.165, 1.54) is 0 Å². The van der Waals surface area contributed by atoms with Crippen LogP contribution in [0.2, 0.25) is 0 Å². The van der Waals surface area contributed by atoms with Crippen LogP contribution in [0.25, 0.3) is 32.6 Å². The Hall–Kier alpha value is -4.03. The van der Waals surface area contributed by atoms with E-state index < -0.39 is 0 Å². The van der Waals surface area contributed by atoms with Crippen LogP contribution in [0.4, 0.5) is 5.69 Å². The molecule has 2 aromatic heterocycles. The van der Waals surface area contributed by atoms with Gasteiger partial charge in [-0.2, -0.15) is 0 Å². The third-order valence-corrected chi connectivity index (χ3v) is 6.28. The molecular weight excluding hydrogens is 418 g/mol. The Morgan fingerprint density at radius 2 is 1.47 bits per heavy atom. The van der Waals surface area contributed by atoms with E-state index in [1.54, 1.807) is 0 Å². The average Bonchev–Trinajstić information content (AvgIpc) is 3.18. The molecule has 2 heterocycles. The van der Waals surface area contributed by atoms with Gasteiger partial charge in [0, 0.05) is 16.8 Å². The Morgan fingerprint density at radius 3 is 2.12 bits per heavy atom. The Kier molecular flexibility index (Phi) is 5.13. The van der Waals surface area contributed by atoms with E-state index >= 15 is 0 Å². The molecule has 6 heteroatoms. The largest absolute Gasteiger partial charge is 0.505 e. The zero-order valence-corrected chi connectivity index (χ0v) is 18.1. The fraction of sp³-hybridized carbons (Fsp3) is 0.0385. The van der Waals surface area contributed by atoms with Crippen LogP contribution in [0, 0.1) is 6.92 Å². The van der Waals surface area contributed by atoms with Crippen molar-refractivity contribution in [3.8, 4) is 28.1 Å². The summed E-state index contributed by atoms with van der Waals surface area (Å²) in [5.41, 5.74) is 4.95. The first kappa shape index (κ1) is 19.9. The molecule has 2 N–H and O–H groups in total. The number of carbonyl (C=O) groups is 1. The molecule has 0 unspecified atom stereocenters. The van der Waals surface area contributed by atoms with Crippen molar-refractivity contribution in [2.24, 2.45) is 0 Å². The van der Waals surface area contributed by atoms with Gasteiger partial charge in [-0.1, -0.05) is 78.4 Å². The number of aromatic hydroxyl groups is 1. The van der Waals surface area contributed by atoms with Crippen LogP contribution in [0.1, 0.15) is 15.2 Å². The minimum atomic E-state index is -0.380. The number of aromatic nitrogens is 2. The highest BCUT2D eigenvalue weighted by atomic mass is 32.1. The molecule has 0 bridgehead atoms. The summed E-state index contributed by atoms with van der Waals surface area (Å²) >= 11 is 1.13. The highest BCUT2D eigenvalue weighted by Crippen LogP contribution is 2.45. The molecule has 0 aliphatic heterocycles. The molecule has 1 amide bonds. The summed E-state index contributed by atoms with van der Waals surface area (Å²) < 4.78 is 0. The molecule has 0 saturated carbocycles. The third kappa shape index (κ3) is 3.61. The van der Waals surface area contributed by atoms with E-state index in [0.717, 1.165) is 33.6 Å². The molecule has 0 aliphatic carbocycles. The number of hydrogen-bond acceptors (Lipinski definition) is 5. The molecule has 5 nitrogen and oxygen atoms in total. The number of anilines is 1. The SMILES string of the molecule is Cc1ccc(NC(=O)c2sc3nnc(-c4ccccc4)c(-c4ccccc4)c3c2O)cc1. The third-order valence-electron chi connectivity index (χ3n) is 5.22. The second-order valence-electron chi connectivity index (χ2n) is 7.44. The number of aryl methyl sites for hydroxylation is 1. The van der Waals surface area contributed by atoms with Crippen molar-refractivity contribution in [3.05, 3.63) is 95.4 Å².